The van der Waals surface area contributed by atoms with Gasteiger partial charge in [0.2, 0.25) is 15.9 Å². The minimum atomic E-state index is -3.73. The van der Waals surface area contributed by atoms with Crippen LogP contribution >= 0.6 is 11.8 Å². The van der Waals surface area contributed by atoms with Gasteiger partial charge in [-0.3, -0.25) is 4.79 Å². The smallest absolute Gasteiger partial charge is 0.241 e. The highest BCUT2D eigenvalue weighted by atomic mass is 32.2. The van der Waals surface area contributed by atoms with Crippen molar-refractivity contribution in [3.05, 3.63) is 54.6 Å². The van der Waals surface area contributed by atoms with Crippen LogP contribution in [0.4, 0.5) is 0 Å². The van der Waals surface area contributed by atoms with Gasteiger partial charge in [0.05, 0.1) is 18.0 Å². The fourth-order valence-corrected chi connectivity index (χ4v) is 3.84. The number of ether oxygens (including phenoxy) is 1. The molecule has 26 heavy (non-hydrogen) atoms. The third-order valence-electron chi connectivity index (χ3n) is 3.30. The fourth-order valence-electron chi connectivity index (χ4n) is 2.06. The SMILES string of the molecule is CCOc1ccc(S(=O)(=O)NCC(=O)NCCSc2ccccc2)cc1. The Morgan fingerprint density at radius 2 is 1.77 bits per heavy atom. The number of carbonyl (C=O) groups is 1. The van der Waals surface area contributed by atoms with E-state index in [1.54, 1.807) is 23.9 Å². The van der Waals surface area contributed by atoms with Gasteiger partial charge >= 0.3 is 0 Å². The molecule has 0 aromatic heterocycles. The van der Waals surface area contributed by atoms with E-state index < -0.39 is 10.0 Å². The van der Waals surface area contributed by atoms with Gasteiger partial charge in [-0.2, -0.15) is 0 Å². The molecule has 0 aliphatic carbocycles. The topological polar surface area (TPSA) is 84.5 Å². The maximum Gasteiger partial charge on any atom is 0.241 e. The van der Waals surface area contributed by atoms with E-state index in [0.717, 1.165) is 4.90 Å². The summed E-state index contributed by atoms with van der Waals surface area (Å²) >= 11 is 1.62. The number of hydrogen-bond donors (Lipinski definition) is 2. The quantitative estimate of drug-likeness (QED) is 0.477. The summed E-state index contributed by atoms with van der Waals surface area (Å²) in [4.78, 5) is 13.0. The first-order valence-electron chi connectivity index (χ1n) is 8.18. The number of sulfonamides is 1. The molecule has 140 valence electrons. The highest BCUT2D eigenvalue weighted by molar-refractivity contribution is 7.99. The van der Waals surface area contributed by atoms with E-state index in [1.807, 2.05) is 37.3 Å². The Balaban J connectivity index is 1.73. The second-order valence-corrected chi connectivity index (χ2v) is 8.18. The van der Waals surface area contributed by atoms with Gasteiger partial charge < -0.3 is 10.1 Å². The van der Waals surface area contributed by atoms with Crippen molar-refractivity contribution < 1.29 is 17.9 Å². The lowest BCUT2D eigenvalue weighted by molar-refractivity contribution is -0.119. The van der Waals surface area contributed by atoms with E-state index in [-0.39, 0.29) is 17.3 Å². The second-order valence-electron chi connectivity index (χ2n) is 5.24. The molecule has 0 heterocycles. The zero-order chi connectivity index (χ0) is 18.8. The molecule has 0 saturated heterocycles. The Morgan fingerprint density at radius 1 is 1.08 bits per heavy atom. The van der Waals surface area contributed by atoms with Crippen LogP contribution in [0.1, 0.15) is 6.92 Å². The van der Waals surface area contributed by atoms with E-state index in [2.05, 4.69) is 10.0 Å². The zero-order valence-electron chi connectivity index (χ0n) is 14.5. The van der Waals surface area contributed by atoms with Crippen molar-refractivity contribution in [3.8, 4) is 5.75 Å². The lowest BCUT2D eigenvalue weighted by Gasteiger charge is -2.09. The summed E-state index contributed by atoms with van der Waals surface area (Å²) in [5, 5.41) is 2.70. The van der Waals surface area contributed by atoms with Gasteiger partial charge in [0.25, 0.3) is 0 Å². The van der Waals surface area contributed by atoms with Crippen molar-refractivity contribution in [2.75, 3.05) is 25.4 Å². The minimum absolute atomic E-state index is 0.0911. The lowest BCUT2D eigenvalue weighted by atomic mass is 10.3. The molecule has 0 aliphatic rings. The van der Waals surface area contributed by atoms with Gasteiger partial charge in [0.15, 0.2) is 0 Å². The molecule has 2 aromatic carbocycles. The number of rotatable bonds is 10. The molecule has 0 fully saturated rings. The van der Waals surface area contributed by atoms with Crippen LogP contribution in [0.25, 0.3) is 0 Å². The maximum atomic E-state index is 12.2. The molecular weight excluding hydrogens is 372 g/mol. The number of hydrogen-bond acceptors (Lipinski definition) is 5. The molecule has 0 saturated carbocycles. The predicted molar refractivity (Wildman–Crippen MR) is 103 cm³/mol. The summed E-state index contributed by atoms with van der Waals surface area (Å²) in [7, 11) is -3.73. The van der Waals surface area contributed by atoms with Crippen LogP contribution in [0.2, 0.25) is 0 Å². The number of carbonyl (C=O) groups excluding carboxylic acids is 1. The summed E-state index contributed by atoms with van der Waals surface area (Å²) in [6.45, 7) is 2.52. The van der Waals surface area contributed by atoms with Crippen LogP contribution in [0.3, 0.4) is 0 Å². The Kier molecular flexibility index (Phi) is 7.96. The average molecular weight is 395 g/mol. The number of amides is 1. The maximum absolute atomic E-state index is 12.2. The zero-order valence-corrected chi connectivity index (χ0v) is 16.1. The fraction of sp³-hybridized carbons (Fsp3) is 0.278. The Morgan fingerprint density at radius 3 is 2.42 bits per heavy atom. The Bertz CT molecular complexity index is 794. The molecule has 2 rings (SSSR count). The van der Waals surface area contributed by atoms with Crippen LogP contribution in [-0.4, -0.2) is 39.8 Å². The average Bonchev–Trinajstić information content (AvgIpc) is 2.65. The van der Waals surface area contributed by atoms with Crippen LogP contribution < -0.4 is 14.8 Å². The van der Waals surface area contributed by atoms with Crippen LogP contribution in [0, 0.1) is 0 Å². The van der Waals surface area contributed by atoms with Gasteiger partial charge in [-0.05, 0) is 43.3 Å². The number of nitrogens with one attached hydrogen (secondary N) is 2. The molecule has 6 nitrogen and oxygen atoms in total. The van der Waals surface area contributed by atoms with Crippen LogP contribution in [-0.2, 0) is 14.8 Å². The summed E-state index contributed by atoms with van der Waals surface area (Å²) in [6, 6.07) is 15.9. The van der Waals surface area contributed by atoms with Gasteiger partial charge in [-0.1, -0.05) is 18.2 Å². The normalized spacial score (nSPS) is 11.1. The first-order chi connectivity index (χ1) is 12.5. The van der Waals surface area contributed by atoms with E-state index in [1.165, 1.54) is 12.1 Å². The van der Waals surface area contributed by atoms with E-state index in [0.29, 0.717) is 24.7 Å². The van der Waals surface area contributed by atoms with E-state index >= 15 is 0 Å². The molecule has 1 amide bonds. The first-order valence-corrected chi connectivity index (χ1v) is 10.6. The molecule has 8 heteroatoms. The third-order valence-corrected chi connectivity index (χ3v) is 5.73. The highest BCUT2D eigenvalue weighted by Gasteiger charge is 2.15. The van der Waals surface area contributed by atoms with Crippen molar-refractivity contribution >= 4 is 27.7 Å². The standard InChI is InChI=1S/C18H22N2O4S2/c1-2-24-15-8-10-17(11-9-15)26(22,23)20-14-18(21)19-12-13-25-16-6-4-3-5-7-16/h3-11,20H,2,12-14H2,1H3,(H,19,21). The molecule has 0 bridgehead atoms. The lowest BCUT2D eigenvalue weighted by Crippen LogP contribution is -2.37. The summed E-state index contributed by atoms with van der Waals surface area (Å²) in [5.74, 6) is 0.940. The second kappa shape index (κ2) is 10.2. The highest BCUT2D eigenvalue weighted by Crippen LogP contribution is 2.16. The predicted octanol–water partition coefficient (Wildman–Crippen LogP) is 2.27. The van der Waals surface area contributed by atoms with Crippen molar-refractivity contribution in [1.82, 2.24) is 10.0 Å². The van der Waals surface area contributed by atoms with Crippen molar-refractivity contribution in [2.45, 2.75) is 16.7 Å². The largest absolute Gasteiger partial charge is 0.494 e. The number of thioether (sulfide) groups is 1. The molecule has 0 unspecified atom stereocenters. The van der Waals surface area contributed by atoms with Gasteiger partial charge in [-0.15, -0.1) is 11.8 Å². The summed E-state index contributed by atoms with van der Waals surface area (Å²) in [6.07, 6.45) is 0. The summed E-state index contributed by atoms with van der Waals surface area (Å²) < 4.78 is 31.9. The van der Waals surface area contributed by atoms with Crippen molar-refractivity contribution in [3.63, 3.8) is 0 Å². The monoisotopic (exact) mass is 394 g/mol. The molecule has 0 spiro atoms. The van der Waals surface area contributed by atoms with Crippen molar-refractivity contribution in [1.29, 1.82) is 0 Å². The minimum Gasteiger partial charge on any atom is -0.494 e. The molecule has 2 N–H and O–H groups in total. The first kappa shape index (κ1) is 20.3. The third kappa shape index (κ3) is 6.70. The van der Waals surface area contributed by atoms with Crippen LogP contribution in [0.5, 0.6) is 5.75 Å². The number of benzene rings is 2. The Labute approximate surface area is 158 Å². The van der Waals surface area contributed by atoms with Crippen molar-refractivity contribution in [2.24, 2.45) is 0 Å². The molecular formula is C18H22N2O4S2. The summed E-state index contributed by atoms with van der Waals surface area (Å²) in [5.41, 5.74) is 0. The van der Waals surface area contributed by atoms with E-state index in [4.69, 9.17) is 4.74 Å². The van der Waals surface area contributed by atoms with Gasteiger partial charge in [0.1, 0.15) is 5.75 Å². The van der Waals surface area contributed by atoms with Crippen LogP contribution in [0.15, 0.2) is 64.4 Å². The van der Waals surface area contributed by atoms with Gasteiger partial charge in [0, 0.05) is 17.2 Å². The Hall–Kier alpha value is -2.03. The molecule has 2 aromatic rings. The molecule has 0 aliphatic heterocycles. The molecule has 0 radical (unpaired) electrons. The van der Waals surface area contributed by atoms with E-state index in [9.17, 15) is 13.2 Å². The molecule has 0 atom stereocenters. The van der Waals surface area contributed by atoms with Gasteiger partial charge in [-0.25, -0.2) is 13.1 Å².